The van der Waals surface area contributed by atoms with Crippen LogP contribution in [-0.4, -0.2) is 37.0 Å². The number of amides is 1. The third kappa shape index (κ3) is 2.64. The Morgan fingerprint density at radius 3 is 2.33 bits per heavy atom. The summed E-state index contributed by atoms with van der Waals surface area (Å²) in [6.45, 7) is 8.32. The van der Waals surface area contributed by atoms with Crippen LogP contribution < -0.4 is 5.32 Å². The number of carbonyl (C=O) groups excluding carboxylic acids is 1. The molecule has 4 heteroatoms. The van der Waals surface area contributed by atoms with E-state index in [0.29, 0.717) is 17.7 Å². The number of carbonyl (C=O) groups is 1. The molecule has 0 spiro atoms. The molecule has 2 aliphatic rings. The summed E-state index contributed by atoms with van der Waals surface area (Å²) in [6, 6.07) is 0. The van der Waals surface area contributed by atoms with Crippen LogP contribution in [0.15, 0.2) is 0 Å². The minimum absolute atomic E-state index is 0. The number of nitrogens with one attached hydrogen (secondary N) is 1. The molecule has 1 amide bonds. The van der Waals surface area contributed by atoms with Crippen LogP contribution in [0.4, 0.5) is 0 Å². The summed E-state index contributed by atoms with van der Waals surface area (Å²) in [4.78, 5) is 14.1. The average Bonchev–Trinajstić information content (AvgIpc) is 2.76. The molecule has 15 heavy (non-hydrogen) atoms. The van der Waals surface area contributed by atoms with Gasteiger partial charge in [0.15, 0.2) is 0 Å². The highest BCUT2D eigenvalue weighted by molar-refractivity contribution is 5.85. The molecule has 0 aromatic heterocycles. The maximum absolute atomic E-state index is 12.0. The van der Waals surface area contributed by atoms with Gasteiger partial charge in [-0.05, 0) is 24.8 Å². The number of nitrogens with zero attached hydrogens (tertiary/aromatic N) is 1. The summed E-state index contributed by atoms with van der Waals surface area (Å²) < 4.78 is 0. The van der Waals surface area contributed by atoms with Gasteiger partial charge in [0.25, 0.3) is 0 Å². The van der Waals surface area contributed by atoms with Crippen LogP contribution >= 0.6 is 12.4 Å². The van der Waals surface area contributed by atoms with Crippen molar-refractivity contribution in [1.82, 2.24) is 10.2 Å². The van der Waals surface area contributed by atoms with E-state index < -0.39 is 0 Å². The van der Waals surface area contributed by atoms with Gasteiger partial charge < -0.3 is 10.2 Å². The minimum Gasteiger partial charge on any atom is -0.342 e. The first-order chi connectivity index (χ1) is 6.68. The van der Waals surface area contributed by atoms with E-state index in [9.17, 15) is 4.79 Å². The van der Waals surface area contributed by atoms with Gasteiger partial charge in [-0.25, -0.2) is 0 Å². The molecule has 3 nitrogen and oxygen atoms in total. The number of hydrogen-bond acceptors (Lipinski definition) is 2. The van der Waals surface area contributed by atoms with Crippen LogP contribution in [0.3, 0.4) is 0 Å². The van der Waals surface area contributed by atoms with Crippen molar-refractivity contribution in [3.63, 3.8) is 0 Å². The standard InChI is InChI=1S/C11H20N2O.ClH/c1-8-6-13(7-9(8)2)11(14)10-3-4-12-5-10;/h8-10,12H,3-7H2,1-2H3;1H/t8?,9?,10-;/m1./s1. The topological polar surface area (TPSA) is 32.3 Å². The molecular formula is C11H21ClN2O. The fourth-order valence-corrected chi connectivity index (χ4v) is 2.43. The molecule has 2 unspecified atom stereocenters. The van der Waals surface area contributed by atoms with E-state index in [1.165, 1.54) is 0 Å². The van der Waals surface area contributed by atoms with Gasteiger partial charge in [0.2, 0.25) is 5.91 Å². The van der Waals surface area contributed by atoms with Gasteiger partial charge in [0.1, 0.15) is 0 Å². The van der Waals surface area contributed by atoms with Gasteiger partial charge >= 0.3 is 0 Å². The van der Waals surface area contributed by atoms with Crippen molar-refractivity contribution in [2.45, 2.75) is 20.3 Å². The maximum Gasteiger partial charge on any atom is 0.227 e. The van der Waals surface area contributed by atoms with Gasteiger partial charge in [-0.1, -0.05) is 13.8 Å². The number of hydrogen-bond donors (Lipinski definition) is 1. The highest BCUT2D eigenvalue weighted by atomic mass is 35.5. The smallest absolute Gasteiger partial charge is 0.227 e. The Labute approximate surface area is 98.0 Å². The number of rotatable bonds is 1. The van der Waals surface area contributed by atoms with Crippen LogP contribution in [0.2, 0.25) is 0 Å². The second kappa shape index (κ2) is 5.17. The van der Waals surface area contributed by atoms with E-state index >= 15 is 0 Å². The first kappa shape index (κ1) is 12.8. The zero-order valence-corrected chi connectivity index (χ0v) is 10.3. The van der Waals surface area contributed by atoms with E-state index in [0.717, 1.165) is 32.6 Å². The van der Waals surface area contributed by atoms with Crippen LogP contribution in [0.1, 0.15) is 20.3 Å². The zero-order chi connectivity index (χ0) is 10.1. The van der Waals surface area contributed by atoms with Gasteiger partial charge in [0.05, 0.1) is 5.92 Å². The monoisotopic (exact) mass is 232 g/mol. The third-order valence-corrected chi connectivity index (χ3v) is 3.71. The predicted molar refractivity (Wildman–Crippen MR) is 63.1 cm³/mol. The second-order valence-electron chi connectivity index (χ2n) is 4.89. The van der Waals surface area contributed by atoms with Crippen molar-refractivity contribution in [2.24, 2.45) is 17.8 Å². The van der Waals surface area contributed by atoms with Crippen molar-refractivity contribution >= 4 is 18.3 Å². The van der Waals surface area contributed by atoms with Crippen molar-refractivity contribution in [2.75, 3.05) is 26.2 Å². The molecule has 2 aliphatic heterocycles. The van der Waals surface area contributed by atoms with Gasteiger partial charge in [-0.15, -0.1) is 12.4 Å². The lowest BCUT2D eigenvalue weighted by atomic mass is 10.0. The maximum atomic E-state index is 12.0. The van der Waals surface area contributed by atoms with E-state index in [1.54, 1.807) is 0 Å². The molecule has 0 radical (unpaired) electrons. The summed E-state index contributed by atoms with van der Waals surface area (Å²) in [5.41, 5.74) is 0. The Bertz CT molecular complexity index is 219. The second-order valence-corrected chi connectivity index (χ2v) is 4.89. The van der Waals surface area contributed by atoms with Crippen LogP contribution in [0, 0.1) is 17.8 Å². The lowest BCUT2D eigenvalue weighted by molar-refractivity contribution is -0.134. The van der Waals surface area contributed by atoms with E-state index in [1.807, 2.05) is 0 Å². The minimum atomic E-state index is 0. The van der Waals surface area contributed by atoms with E-state index in [-0.39, 0.29) is 18.3 Å². The summed E-state index contributed by atoms with van der Waals surface area (Å²) >= 11 is 0. The molecule has 0 aliphatic carbocycles. The normalized spacial score (nSPS) is 35.3. The quantitative estimate of drug-likeness (QED) is 0.735. The summed E-state index contributed by atoms with van der Waals surface area (Å²) in [5, 5.41) is 3.25. The van der Waals surface area contributed by atoms with Crippen LogP contribution in [0.5, 0.6) is 0 Å². The molecule has 3 atom stereocenters. The van der Waals surface area contributed by atoms with Gasteiger partial charge in [-0.2, -0.15) is 0 Å². The zero-order valence-electron chi connectivity index (χ0n) is 9.53. The Morgan fingerprint density at radius 2 is 1.87 bits per heavy atom. The Kier molecular flexibility index (Phi) is 4.41. The molecule has 0 bridgehead atoms. The summed E-state index contributed by atoms with van der Waals surface area (Å²) in [5.74, 6) is 1.99. The van der Waals surface area contributed by atoms with Crippen LogP contribution in [0.25, 0.3) is 0 Å². The highest BCUT2D eigenvalue weighted by Gasteiger charge is 2.33. The molecule has 2 saturated heterocycles. The lowest BCUT2D eigenvalue weighted by Gasteiger charge is -2.19. The first-order valence-electron chi connectivity index (χ1n) is 5.68. The van der Waals surface area contributed by atoms with Gasteiger partial charge in [-0.3, -0.25) is 4.79 Å². The van der Waals surface area contributed by atoms with Crippen molar-refractivity contribution in [1.29, 1.82) is 0 Å². The largest absolute Gasteiger partial charge is 0.342 e. The fraction of sp³-hybridized carbons (Fsp3) is 0.909. The molecule has 2 heterocycles. The number of halogens is 1. The first-order valence-corrected chi connectivity index (χ1v) is 5.68. The molecule has 0 aromatic rings. The molecule has 0 saturated carbocycles. The highest BCUT2D eigenvalue weighted by Crippen LogP contribution is 2.24. The molecule has 2 rings (SSSR count). The molecule has 88 valence electrons. The molecule has 0 aromatic carbocycles. The Morgan fingerprint density at radius 1 is 1.27 bits per heavy atom. The van der Waals surface area contributed by atoms with E-state index in [4.69, 9.17) is 0 Å². The third-order valence-electron chi connectivity index (χ3n) is 3.71. The lowest BCUT2D eigenvalue weighted by Crippen LogP contribution is -2.35. The number of likely N-dealkylation sites (tertiary alicyclic amines) is 1. The predicted octanol–water partition coefficient (Wildman–Crippen LogP) is 1.13. The molecule has 2 fully saturated rings. The van der Waals surface area contributed by atoms with E-state index in [2.05, 4.69) is 24.1 Å². The average molecular weight is 233 g/mol. The Hall–Kier alpha value is -0.280. The van der Waals surface area contributed by atoms with Crippen molar-refractivity contribution in [3.8, 4) is 0 Å². The summed E-state index contributed by atoms with van der Waals surface area (Å²) in [7, 11) is 0. The molecule has 1 N–H and O–H groups in total. The van der Waals surface area contributed by atoms with Gasteiger partial charge in [0, 0.05) is 19.6 Å². The summed E-state index contributed by atoms with van der Waals surface area (Å²) in [6.07, 6.45) is 1.03. The SMILES string of the molecule is CC1CN(C(=O)[C@@H]2CCNC2)CC1C.Cl. The molecular weight excluding hydrogens is 212 g/mol. The van der Waals surface area contributed by atoms with Crippen molar-refractivity contribution in [3.05, 3.63) is 0 Å². The fourth-order valence-electron chi connectivity index (χ4n) is 2.43. The Balaban J connectivity index is 0.00000112. The van der Waals surface area contributed by atoms with Crippen molar-refractivity contribution < 1.29 is 4.79 Å². The van der Waals surface area contributed by atoms with Crippen LogP contribution in [-0.2, 0) is 4.79 Å².